The van der Waals surface area contributed by atoms with Crippen LogP contribution in [0.5, 0.6) is 5.75 Å². The highest BCUT2D eigenvalue weighted by Gasteiger charge is 2.14. The van der Waals surface area contributed by atoms with E-state index in [9.17, 15) is 8.42 Å². The number of benzene rings is 1. The van der Waals surface area contributed by atoms with Gasteiger partial charge in [-0.3, -0.25) is 0 Å². The van der Waals surface area contributed by atoms with Crippen molar-refractivity contribution in [3.05, 3.63) is 23.3 Å². The summed E-state index contributed by atoms with van der Waals surface area (Å²) in [5.41, 5.74) is 1.51. The second-order valence-electron chi connectivity index (χ2n) is 4.02. The Morgan fingerprint density at radius 3 is 2.17 bits per heavy atom. The van der Waals surface area contributed by atoms with E-state index < -0.39 is 9.05 Å². The molecule has 0 unspecified atom stereocenters. The lowest BCUT2D eigenvalue weighted by Crippen LogP contribution is -2.04. The number of hydrogen-bond donors (Lipinski definition) is 0. The number of halogens is 1. The first-order chi connectivity index (χ1) is 8.36. The monoisotopic (exact) mass is 292 g/mol. The molecule has 0 saturated heterocycles. The van der Waals surface area contributed by atoms with Gasteiger partial charge in [-0.15, -0.1) is 0 Å². The van der Waals surface area contributed by atoms with Crippen molar-refractivity contribution < 1.29 is 17.9 Å². The molecule has 0 heterocycles. The number of ether oxygens (including phenoxy) is 2. The molecule has 0 aliphatic rings. The van der Waals surface area contributed by atoms with Crippen LogP contribution < -0.4 is 4.74 Å². The predicted molar refractivity (Wildman–Crippen MR) is 70.9 cm³/mol. The van der Waals surface area contributed by atoms with Gasteiger partial charge in [-0.1, -0.05) is 0 Å². The summed E-state index contributed by atoms with van der Waals surface area (Å²) in [6, 6.07) is 3.03. The molecule has 1 rings (SSSR count). The highest BCUT2D eigenvalue weighted by atomic mass is 35.7. The fourth-order valence-electron chi connectivity index (χ4n) is 1.66. The van der Waals surface area contributed by atoms with Gasteiger partial charge in [0.15, 0.2) is 0 Å². The normalized spacial score (nSPS) is 11.6. The van der Waals surface area contributed by atoms with Crippen molar-refractivity contribution in [1.29, 1.82) is 0 Å². The van der Waals surface area contributed by atoms with Crippen LogP contribution in [0.4, 0.5) is 0 Å². The third kappa shape index (κ3) is 4.15. The maximum atomic E-state index is 11.3. The molecule has 1 aromatic carbocycles. The molecule has 0 radical (unpaired) electrons. The van der Waals surface area contributed by atoms with Gasteiger partial charge >= 0.3 is 0 Å². The van der Waals surface area contributed by atoms with Gasteiger partial charge in [-0.05, 0) is 37.1 Å². The highest BCUT2D eigenvalue weighted by Crippen LogP contribution is 2.28. The van der Waals surface area contributed by atoms with Crippen LogP contribution in [0, 0.1) is 13.8 Å². The van der Waals surface area contributed by atoms with E-state index in [4.69, 9.17) is 20.2 Å². The minimum atomic E-state index is -3.70. The van der Waals surface area contributed by atoms with Crippen LogP contribution in [-0.4, -0.2) is 28.7 Å². The van der Waals surface area contributed by atoms with Gasteiger partial charge in [0.2, 0.25) is 0 Å². The zero-order chi connectivity index (χ0) is 13.8. The van der Waals surface area contributed by atoms with Crippen molar-refractivity contribution in [3.8, 4) is 5.75 Å². The van der Waals surface area contributed by atoms with Crippen molar-refractivity contribution in [1.82, 2.24) is 0 Å². The topological polar surface area (TPSA) is 52.6 Å². The molecule has 0 amide bonds. The lowest BCUT2D eigenvalue weighted by molar-refractivity contribution is 0.171. The maximum Gasteiger partial charge on any atom is 0.261 e. The SMILES string of the molecule is COCCCOc1c(C)cc(S(=O)(=O)Cl)cc1C. The average molecular weight is 293 g/mol. The standard InChI is InChI=1S/C12H17ClO4S/c1-9-7-11(18(13,14)15)8-10(2)12(9)17-6-4-5-16-3/h7-8H,4-6H2,1-3H3. The number of aryl methyl sites for hydroxylation is 2. The van der Waals surface area contributed by atoms with Crippen LogP contribution in [0.3, 0.4) is 0 Å². The Morgan fingerprint density at radius 1 is 1.17 bits per heavy atom. The number of methoxy groups -OCH3 is 1. The van der Waals surface area contributed by atoms with Gasteiger partial charge in [0.05, 0.1) is 11.5 Å². The molecule has 4 nitrogen and oxygen atoms in total. The van der Waals surface area contributed by atoms with Gasteiger partial charge in [0, 0.05) is 30.8 Å². The summed E-state index contributed by atoms with van der Waals surface area (Å²) < 4.78 is 33.1. The summed E-state index contributed by atoms with van der Waals surface area (Å²) in [7, 11) is 3.25. The van der Waals surface area contributed by atoms with Crippen LogP contribution >= 0.6 is 10.7 Å². The van der Waals surface area contributed by atoms with Crippen LogP contribution in [0.15, 0.2) is 17.0 Å². The summed E-state index contributed by atoms with van der Waals surface area (Å²) in [6.45, 7) is 4.75. The second kappa shape index (κ2) is 6.41. The Bertz CT molecular complexity index is 488. The van der Waals surface area contributed by atoms with Crippen molar-refractivity contribution in [3.63, 3.8) is 0 Å². The van der Waals surface area contributed by atoms with E-state index >= 15 is 0 Å². The minimum Gasteiger partial charge on any atom is -0.493 e. The number of hydrogen-bond acceptors (Lipinski definition) is 4. The van der Waals surface area contributed by atoms with Gasteiger partial charge in [0.1, 0.15) is 5.75 Å². The fourth-order valence-corrected chi connectivity index (χ4v) is 2.56. The van der Waals surface area contributed by atoms with Gasteiger partial charge < -0.3 is 9.47 Å². The first-order valence-electron chi connectivity index (χ1n) is 5.54. The molecule has 0 atom stereocenters. The Labute approximate surface area is 112 Å². The van der Waals surface area contributed by atoms with Crippen LogP contribution in [0.2, 0.25) is 0 Å². The Hall–Kier alpha value is -0.780. The van der Waals surface area contributed by atoms with E-state index in [1.165, 1.54) is 12.1 Å². The molecule has 0 aliphatic carbocycles. The van der Waals surface area contributed by atoms with Crippen molar-refractivity contribution in [2.24, 2.45) is 0 Å². The van der Waals surface area contributed by atoms with E-state index in [1.54, 1.807) is 21.0 Å². The van der Waals surface area contributed by atoms with E-state index in [2.05, 4.69) is 0 Å². The largest absolute Gasteiger partial charge is 0.493 e. The molecule has 6 heteroatoms. The molecule has 0 fully saturated rings. The fraction of sp³-hybridized carbons (Fsp3) is 0.500. The van der Waals surface area contributed by atoms with Crippen LogP contribution in [0.25, 0.3) is 0 Å². The first kappa shape index (κ1) is 15.3. The van der Waals surface area contributed by atoms with E-state index in [0.29, 0.717) is 19.0 Å². The average Bonchev–Trinajstić information content (AvgIpc) is 2.25. The molecule has 0 aliphatic heterocycles. The molecule has 102 valence electrons. The van der Waals surface area contributed by atoms with E-state index in [-0.39, 0.29) is 4.90 Å². The summed E-state index contributed by atoms with van der Waals surface area (Å²) in [5.74, 6) is 0.704. The molecule has 0 bridgehead atoms. The smallest absolute Gasteiger partial charge is 0.261 e. The van der Waals surface area contributed by atoms with Crippen LogP contribution in [-0.2, 0) is 13.8 Å². The summed E-state index contributed by atoms with van der Waals surface area (Å²) in [5, 5.41) is 0. The third-order valence-electron chi connectivity index (χ3n) is 2.45. The highest BCUT2D eigenvalue weighted by molar-refractivity contribution is 8.13. The predicted octanol–water partition coefficient (Wildman–Crippen LogP) is 2.65. The molecule has 0 N–H and O–H groups in total. The summed E-state index contributed by atoms with van der Waals surface area (Å²) in [4.78, 5) is 0.100. The molecule has 1 aromatic rings. The van der Waals surface area contributed by atoms with Crippen molar-refractivity contribution in [2.45, 2.75) is 25.2 Å². The maximum absolute atomic E-state index is 11.3. The third-order valence-corrected chi connectivity index (χ3v) is 3.79. The second-order valence-corrected chi connectivity index (χ2v) is 6.58. The van der Waals surface area contributed by atoms with Gasteiger partial charge in [-0.25, -0.2) is 8.42 Å². The lowest BCUT2D eigenvalue weighted by atomic mass is 10.1. The molecule has 0 aromatic heterocycles. The zero-order valence-electron chi connectivity index (χ0n) is 10.7. The number of rotatable bonds is 6. The Kier molecular flexibility index (Phi) is 5.44. The zero-order valence-corrected chi connectivity index (χ0v) is 12.3. The molecule has 0 spiro atoms. The molecular formula is C12H17ClO4S. The molecule has 18 heavy (non-hydrogen) atoms. The quantitative estimate of drug-likeness (QED) is 0.597. The van der Waals surface area contributed by atoms with E-state index in [0.717, 1.165) is 17.5 Å². The van der Waals surface area contributed by atoms with E-state index in [1.807, 2.05) is 0 Å². The van der Waals surface area contributed by atoms with Gasteiger partial charge in [-0.2, -0.15) is 0 Å². The molecular weight excluding hydrogens is 276 g/mol. The summed E-state index contributed by atoms with van der Waals surface area (Å²) >= 11 is 0. The Morgan fingerprint density at radius 2 is 1.72 bits per heavy atom. The molecule has 0 saturated carbocycles. The van der Waals surface area contributed by atoms with Crippen LogP contribution in [0.1, 0.15) is 17.5 Å². The first-order valence-corrected chi connectivity index (χ1v) is 7.85. The van der Waals surface area contributed by atoms with Crippen molar-refractivity contribution >= 4 is 19.7 Å². The minimum absolute atomic E-state index is 0.100. The van der Waals surface area contributed by atoms with Crippen molar-refractivity contribution in [2.75, 3.05) is 20.3 Å². The summed E-state index contributed by atoms with van der Waals surface area (Å²) in [6.07, 6.45) is 0.783. The van der Waals surface area contributed by atoms with Gasteiger partial charge in [0.25, 0.3) is 9.05 Å². The Balaban J connectivity index is 2.88. The lowest BCUT2D eigenvalue weighted by Gasteiger charge is -2.13.